The van der Waals surface area contributed by atoms with Crippen molar-refractivity contribution in [1.82, 2.24) is 0 Å². The normalized spacial score (nSPS) is 39.1. The zero-order chi connectivity index (χ0) is 14.6. The highest BCUT2D eigenvalue weighted by atomic mass is 19.3. The van der Waals surface area contributed by atoms with E-state index in [1.165, 1.54) is 38.5 Å². The molecule has 0 bridgehead atoms. The van der Waals surface area contributed by atoms with Crippen molar-refractivity contribution in [2.24, 2.45) is 23.2 Å². The summed E-state index contributed by atoms with van der Waals surface area (Å²) >= 11 is 0. The van der Waals surface area contributed by atoms with E-state index in [0.29, 0.717) is 6.42 Å². The van der Waals surface area contributed by atoms with Gasteiger partial charge in [0.1, 0.15) is 0 Å². The standard InChI is InChI=1S/C18H32F2/c1-3-5-14-6-8-15(9-7-14)16-10-12-18(4-2,13-11-16)17(19)20/h14-17H,3-13H2,1-2H3. The number of halogens is 2. The summed E-state index contributed by atoms with van der Waals surface area (Å²) in [5, 5.41) is 0. The number of hydrogen-bond acceptors (Lipinski definition) is 0. The number of alkyl halides is 2. The van der Waals surface area contributed by atoms with Crippen molar-refractivity contribution < 1.29 is 8.78 Å². The molecule has 0 heterocycles. The molecule has 0 atom stereocenters. The smallest absolute Gasteiger partial charge is 0.210 e. The average Bonchev–Trinajstić information content (AvgIpc) is 2.48. The van der Waals surface area contributed by atoms with Crippen LogP contribution in [0, 0.1) is 23.2 Å². The summed E-state index contributed by atoms with van der Waals surface area (Å²) in [6, 6.07) is 0. The highest BCUT2D eigenvalue weighted by Crippen LogP contribution is 2.49. The molecule has 0 aromatic rings. The first-order valence-electron chi connectivity index (χ1n) is 8.89. The molecule has 20 heavy (non-hydrogen) atoms. The molecular formula is C18H32F2. The summed E-state index contributed by atoms with van der Waals surface area (Å²) in [6.45, 7) is 4.23. The summed E-state index contributed by atoms with van der Waals surface area (Å²) in [5.74, 6) is 2.54. The molecule has 118 valence electrons. The van der Waals surface area contributed by atoms with Gasteiger partial charge in [0.05, 0.1) is 0 Å². The van der Waals surface area contributed by atoms with Crippen molar-refractivity contribution in [3.8, 4) is 0 Å². The van der Waals surface area contributed by atoms with E-state index in [9.17, 15) is 8.78 Å². The number of hydrogen-bond donors (Lipinski definition) is 0. The SMILES string of the molecule is CCCC1CCC(C2CCC(CC)(C(F)F)CC2)CC1. The van der Waals surface area contributed by atoms with Crippen LogP contribution >= 0.6 is 0 Å². The third kappa shape index (κ3) is 3.54. The molecule has 2 heteroatoms. The fourth-order valence-corrected chi connectivity index (χ4v) is 4.77. The molecule has 0 N–H and O–H groups in total. The third-order valence-corrected chi connectivity index (χ3v) is 6.45. The van der Waals surface area contributed by atoms with Crippen LogP contribution in [0.3, 0.4) is 0 Å². The maximum Gasteiger partial charge on any atom is 0.244 e. The van der Waals surface area contributed by atoms with Crippen LogP contribution in [0.25, 0.3) is 0 Å². The van der Waals surface area contributed by atoms with Gasteiger partial charge in [-0.05, 0) is 62.7 Å². The summed E-state index contributed by atoms with van der Waals surface area (Å²) in [5.41, 5.74) is -0.643. The lowest BCUT2D eigenvalue weighted by Crippen LogP contribution is -2.36. The van der Waals surface area contributed by atoms with Crippen LogP contribution in [-0.2, 0) is 0 Å². The van der Waals surface area contributed by atoms with E-state index in [1.54, 1.807) is 0 Å². The molecule has 0 nitrogen and oxygen atoms in total. The molecule has 0 unspecified atom stereocenters. The summed E-state index contributed by atoms with van der Waals surface area (Å²) in [7, 11) is 0. The molecule has 0 radical (unpaired) electrons. The molecule has 2 aliphatic carbocycles. The highest BCUT2D eigenvalue weighted by Gasteiger charge is 2.43. The zero-order valence-electron chi connectivity index (χ0n) is 13.3. The van der Waals surface area contributed by atoms with Crippen LogP contribution in [0.5, 0.6) is 0 Å². The Hall–Kier alpha value is -0.140. The molecule has 0 amide bonds. The van der Waals surface area contributed by atoms with E-state index in [-0.39, 0.29) is 0 Å². The van der Waals surface area contributed by atoms with Crippen LogP contribution in [0.1, 0.15) is 84.5 Å². The molecule has 2 rings (SSSR count). The first kappa shape index (κ1) is 16.2. The maximum atomic E-state index is 13.3. The number of rotatable bonds is 5. The van der Waals surface area contributed by atoms with E-state index in [1.807, 2.05) is 6.92 Å². The van der Waals surface area contributed by atoms with Crippen molar-refractivity contribution in [2.75, 3.05) is 0 Å². The average molecular weight is 286 g/mol. The molecule has 2 fully saturated rings. The Morgan fingerprint density at radius 3 is 1.90 bits per heavy atom. The van der Waals surface area contributed by atoms with Crippen molar-refractivity contribution in [3.05, 3.63) is 0 Å². The minimum Gasteiger partial charge on any atom is -0.210 e. The van der Waals surface area contributed by atoms with Gasteiger partial charge < -0.3 is 0 Å². The second kappa shape index (κ2) is 7.22. The lowest BCUT2D eigenvalue weighted by Gasteiger charge is -2.43. The Balaban J connectivity index is 1.80. The van der Waals surface area contributed by atoms with E-state index >= 15 is 0 Å². The molecule has 0 aromatic heterocycles. The Morgan fingerprint density at radius 1 is 0.900 bits per heavy atom. The van der Waals surface area contributed by atoms with Gasteiger partial charge in [0.2, 0.25) is 6.43 Å². The van der Waals surface area contributed by atoms with Gasteiger partial charge in [0.25, 0.3) is 0 Å². The minimum atomic E-state index is -2.12. The van der Waals surface area contributed by atoms with Crippen LogP contribution in [0.4, 0.5) is 8.78 Å². The molecular weight excluding hydrogens is 254 g/mol. The fourth-order valence-electron chi connectivity index (χ4n) is 4.77. The molecule has 0 aliphatic heterocycles. The van der Waals surface area contributed by atoms with Gasteiger partial charge in [0.15, 0.2) is 0 Å². The Kier molecular flexibility index (Phi) is 5.86. The Bertz CT molecular complexity index is 271. The van der Waals surface area contributed by atoms with Gasteiger partial charge in [-0.2, -0.15) is 0 Å². The quantitative estimate of drug-likeness (QED) is 0.545. The summed E-state index contributed by atoms with van der Waals surface area (Å²) < 4.78 is 26.6. The molecule has 2 aliphatic rings. The van der Waals surface area contributed by atoms with E-state index < -0.39 is 11.8 Å². The van der Waals surface area contributed by atoms with E-state index in [0.717, 1.165) is 43.4 Å². The minimum absolute atomic E-state index is 0.643. The van der Waals surface area contributed by atoms with Crippen molar-refractivity contribution >= 4 is 0 Å². The maximum absolute atomic E-state index is 13.3. The predicted octanol–water partition coefficient (Wildman–Crippen LogP) is 6.44. The van der Waals surface area contributed by atoms with Crippen LogP contribution < -0.4 is 0 Å². The summed E-state index contributed by atoms with van der Waals surface area (Å²) in [6.07, 6.45) is 10.4. The highest BCUT2D eigenvalue weighted by molar-refractivity contribution is 4.89. The van der Waals surface area contributed by atoms with Crippen LogP contribution in [0.15, 0.2) is 0 Å². The zero-order valence-corrected chi connectivity index (χ0v) is 13.3. The predicted molar refractivity (Wildman–Crippen MR) is 81.0 cm³/mol. The van der Waals surface area contributed by atoms with E-state index in [2.05, 4.69) is 6.92 Å². The topological polar surface area (TPSA) is 0 Å². The van der Waals surface area contributed by atoms with E-state index in [4.69, 9.17) is 0 Å². The van der Waals surface area contributed by atoms with Gasteiger partial charge in [-0.25, -0.2) is 8.78 Å². The largest absolute Gasteiger partial charge is 0.244 e. The van der Waals surface area contributed by atoms with Gasteiger partial charge in [0, 0.05) is 5.41 Å². The Labute approximate surface area is 123 Å². The van der Waals surface area contributed by atoms with Crippen molar-refractivity contribution in [3.63, 3.8) is 0 Å². The van der Waals surface area contributed by atoms with Crippen molar-refractivity contribution in [1.29, 1.82) is 0 Å². The van der Waals surface area contributed by atoms with Crippen molar-refractivity contribution in [2.45, 2.75) is 90.9 Å². The molecule has 0 saturated heterocycles. The van der Waals surface area contributed by atoms with Gasteiger partial charge in [-0.3, -0.25) is 0 Å². The second-order valence-electron chi connectivity index (χ2n) is 7.42. The van der Waals surface area contributed by atoms with Gasteiger partial charge in [-0.15, -0.1) is 0 Å². The second-order valence-corrected chi connectivity index (χ2v) is 7.42. The first-order valence-corrected chi connectivity index (χ1v) is 8.89. The van der Waals surface area contributed by atoms with Crippen LogP contribution in [0.2, 0.25) is 0 Å². The third-order valence-electron chi connectivity index (χ3n) is 6.45. The molecule has 0 spiro atoms. The molecule has 0 aromatic carbocycles. The van der Waals surface area contributed by atoms with Crippen LogP contribution in [-0.4, -0.2) is 6.43 Å². The monoisotopic (exact) mass is 286 g/mol. The Morgan fingerprint density at radius 2 is 1.45 bits per heavy atom. The lowest BCUT2D eigenvalue weighted by atomic mass is 9.63. The first-order chi connectivity index (χ1) is 9.61. The molecule has 2 saturated carbocycles. The fraction of sp³-hybridized carbons (Fsp3) is 1.00. The van der Waals surface area contributed by atoms with Gasteiger partial charge >= 0.3 is 0 Å². The lowest BCUT2D eigenvalue weighted by molar-refractivity contribution is -0.0501. The van der Waals surface area contributed by atoms with Gasteiger partial charge in [-0.1, -0.05) is 39.5 Å². The summed E-state index contributed by atoms with van der Waals surface area (Å²) in [4.78, 5) is 0.